The molecule has 0 radical (unpaired) electrons. The van der Waals surface area contributed by atoms with Crippen LogP contribution >= 0.6 is 0 Å². The Balaban J connectivity index is 1.33. The van der Waals surface area contributed by atoms with Gasteiger partial charge in [-0.1, -0.05) is 19.9 Å². The number of piperidine rings is 2. The Labute approximate surface area is 197 Å². The van der Waals surface area contributed by atoms with Gasteiger partial charge in [-0.25, -0.2) is 14.0 Å². The Kier molecular flexibility index (Phi) is 5.89. The summed E-state index contributed by atoms with van der Waals surface area (Å²) in [6.45, 7) is 8.67. The molecule has 5 rings (SSSR count). The fourth-order valence-electron chi connectivity index (χ4n) is 5.30. The zero-order valence-electron chi connectivity index (χ0n) is 19.9. The van der Waals surface area contributed by atoms with Crippen LogP contribution in [0.4, 0.5) is 4.39 Å². The number of benzene rings is 1. The van der Waals surface area contributed by atoms with Crippen LogP contribution in [0.5, 0.6) is 0 Å². The van der Waals surface area contributed by atoms with E-state index in [-0.39, 0.29) is 29.5 Å². The van der Waals surface area contributed by atoms with Crippen molar-refractivity contribution in [1.29, 1.82) is 0 Å². The van der Waals surface area contributed by atoms with Crippen molar-refractivity contribution in [3.63, 3.8) is 0 Å². The standard InChI is InChI=1S/C24H31FN6O3/c1-15(2)20-18-5-4-6-19(25)21(18)31(27-20)23-26-22(34-28-23)24(33)9-13-30(14-10-24)17-7-11-29(12-8-17)16(3)32/h4-6,15,17,33H,7-14H2,1-3H3/p+1. The molecule has 182 valence electrons. The van der Waals surface area contributed by atoms with Crippen LogP contribution in [0.25, 0.3) is 16.9 Å². The fourth-order valence-corrected chi connectivity index (χ4v) is 5.30. The number of aromatic nitrogens is 4. The summed E-state index contributed by atoms with van der Waals surface area (Å²) in [6, 6.07) is 5.37. The number of nitrogens with one attached hydrogen (secondary N) is 1. The summed E-state index contributed by atoms with van der Waals surface area (Å²) in [6.07, 6.45) is 2.85. The number of aromatic amines is 1. The molecule has 2 aromatic heterocycles. The first-order valence-corrected chi connectivity index (χ1v) is 12.1. The minimum absolute atomic E-state index is 0.131. The molecule has 4 heterocycles. The van der Waals surface area contributed by atoms with Gasteiger partial charge in [-0.3, -0.25) is 4.79 Å². The van der Waals surface area contributed by atoms with Crippen molar-refractivity contribution in [3.05, 3.63) is 35.6 Å². The largest absolute Gasteiger partial charge is 0.497 e. The highest BCUT2D eigenvalue weighted by Crippen LogP contribution is 2.34. The lowest BCUT2D eigenvalue weighted by molar-refractivity contribution is -0.639. The van der Waals surface area contributed by atoms with Crippen molar-refractivity contribution in [2.75, 3.05) is 26.2 Å². The molecule has 0 unspecified atom stereocenters. The molecule has 2 aliphatic rings. The highest BCUT2D eigenvalue weighted by atomic mass is 19.1. The minimum atomic E-state index is -1.22. The quantitative estimate of drug-likeness (QED) is 0.567. The lowest BCUT2D eigenvalue weighted by Crippen LogP contribution is -2.51. The van der Waals surface area contributed by atoms with Crippen molar-refractivity contribution < 1.29 is 23.5 Å². The van der Waals surface area contributed by atoms with Gasteiger partial charge in [0.05, 0.1) is 5.69 Å². The molecule has 9 nitrogen and oxygen atoms in total. The lowest BCUT2D eigenvalue weighted by Gasteiger charge is -2.42. The average molecular weight is 472 g/mol. The molecule has 0 aliphatic carbocycles. The first-order valence-electron chi connectivity index (χ1n) is 12.1. The van der Waals surface area contributed by atoms with E-state index in [9.17, 15) is 14.3 Å². The number of rotatable bonds is 4. The molecule has 1 aromatic carbocycles. The van der Waals surface area contributed by atoms with Gasteiger partial charge in [-0.15, -0.1) is 4.68 Å². The van der Waals surface area contributed by atoms with Gasteiger partial charge < -0.3 is 14.9 Å². The number of H-pyrrole nitrogens is 1. The predicted octanol–water partition coefficient (Wildman–Crippen LogP) is 2.38. The van der Waals surface area contributed by atoms with Crippen LogP contribution in [0.3, 0.4) is 0 Å². The Bertz CT molecular complexity index is 1190. The number of carbonyl (C=O) groups is 1. The van der Waals surface area contributed by atoms with Crippen molar-refractivity contribution in [3.8, 4) is 5.95 Å². The maximum atomic E-state index is 14.7. The molecule has 0 saturated carbocycles. The molecular formula is C24H32FN6O3+. The van der Waals surface area contributed by atoms with E-state index in [1.54, 1.807) is 13.0 Å². The van der Waals surface area contributed by atoms with Crippen molar-refractivity contribution in [2.24, 2.45) is 0 Å². The molecular weight excluding hydrogens is 439 g/mol. The van der Waals surface area contributed by atoms with Crippen molar-refractivity contribution >= 4 is 16.8 Å². The van der Waals surface area contributed by atoms with Crippen LogP contribution in [0.1, 0.15) is 64.0 Å². The van der Waals surface area contributed by atoms with Crippen LogP contribution < -0.4 is 4.68 Å². The minimum Gasteiger partial charge on any atom is -0.378 e. The normalized spacial score (nSPS) is 19.9. The second kappa shape index (κ2) is 8.74. The summed E-state index contributed by atoms with van der Waals surface area (Å²) < 4.78 is 21.7. The third-order valence-corrected chi connectivity index (χ3v) is 7.37. The van der Waals surface area contributed by atoms with Crippen LogP contribution in [0.2, 0.25) is 0 Å². The van der Waals surface area contributed by atoms with E-state index in [0.717, 1.165) is 37.0 Å². The number of aliphatic hydroxyl groups is 1. The van der Waals surface area contributed by atoms with Crippen molar-refractivity contribution in [2.45, 2.75) is 64.0 Å². The maximum absolute atomic E-state index is 14.7. The van der Waals surface area contributed by atoms with Gasteiger partial charge in [-0.05, 0) is 48.7 Å². The van der Waals surface area contributed by atoms with Crippen LogP contribution in [-0.2, 0) is 10.4 Å². The van der Waals surface area contributed by atoms with E-state index in [1.165, 1.54) is 10.7 Å². The number of nitrogens with zero attached hydrogens (tertiary/aromatic N) is 5. The third kappa shape index (κ3) is 3.98. The zero-order chi connectivity index (χ0) is 24.0. The van der Waals surface area contributed by atoms with Crippen molar-refractivity contribution in [1.82, 2.24) is 25.0 Å². The number of hydrogen-bond acceptors (Lipinski definition) is 6. The molecule has 1 amide bonds. The van der Waals surface area contributed by atoms with Gasteiger partial charge in [0, 0.05) is 44.5 Å². The van der Waals surface area contributed by atoms with E-state index in [2.05, 4.69) is 20.1 Å². The summed E-state index contributed by atoms with van der Waals surface area (Å²) in [5.41, 5.74) is 0.0190. The summed E-state index contributed by atoms with van der Waals surface area (Å²) in [7, 11) is 0. The first kappa shape index (κ1) is 22.9. The second-order valence-electron chi connectivity index (χ2n) is 9.86. The molecule has 0 bridgehead atoms. The van der Waals surface area contributed by atoms with E-state index >= 15 is 0 Å². The molecule has 10 heteroatoms. The monoisotopic (exact) mass is 471 g/mol. The molecule has 2 fully saturated rings. The number of hydrogen-bond donors (Lipinski definition) is 2. The molecule has 2 N–H and O–H groups in total. The number of fused-ring (bicyclic) bond motifs is 1. The molecule has 0 spiro atoms. The molecule has 0 atom stereocenters. The smallest absolute Gasteiger partial charge is 0.378 e. The SMILES string of the molecule is CC(=O)N1CCC(N2CCC(O)(c3nc(-[n+]4[nH]c(C(C)C)c5cccc(F)c54)no3)CC2)CC1. The summed E-state index contributed by atoms with van der Waals surface area (Å²) in [5, 5.41) is 19.4. The van der Waals surface area contributed by atoms with Gasteiger partial charge in [0.2, 0.25) is 5.91 Å². The maximum Gasteiger partial charge on any atom is 0.497 e. The first-order chi connectivity index (χ1) is 16.3. The predicted molar refractivity (Wildman–Crippen MR) is 122 cm³/mol. The van der Waals surface area contributed by atoms with Gasteiger partial charge in [0.15, 0.2) is 16.9 Å². The number of para-hydroxylation sites is 1. The number of halogens is 1. The molecule has 2 saturated heterocycles. The van der Waals surface area contributed by atoms with E-state index in [1.807, 2.05) is 24.8 Å². The Morgan fingerprint density at radius 2 is 1.97 bits per heavy atom. The summed E-state index contributed by atoms with van der Waals surface area (Å²) in [5.74, 6) is 0.227. The van der Waals surface area contributed by atoms with Crippen LogP contribution in [-0.4, -0.2) is 68.3 Å². The average Bonchev–Trinajstić information content (AvgIpc) is 3.46. The molecule has 3 aromatic rings. The van der Waals surface area contributed by atoms with E-state index in [4.69, 9.17) is 4.52 Å². The third-order valence-electron chi connectivity index (χ3n) is 7.37. The lowest BCUT2D eigenvalue weighted by atomic mass is 9.89. The van der Waals surface area contributed by atoms with E-state index < -0.39 is 5.60 Å². The highest BCUT2D eigenvalue weighted by molar-refractivity contribution is 5.79. The van der Waals surface area contributed by atoms with Gasteiger partial charge in [-0.2, -0.15) is 0 Å². The van der Waals surface area contributed by atoms with Gasteiger partial charge in [0.1, 0.15) is 5.16 Å². The topological polar surface area (TPSA) is 102 Å². The van der Waals surface area contributed by atoms with E-state index in [0.29, 0.717) is 37.5 Å². The fraction of sp³-hybridized carbons (Fsp3) is 0.583. The number of likely N-dealkylation sites (tertiary alicyclic amines) is 2. The summed E-state index contributed by atoms with van der Waals surface area (Å²) >= 11 is 0. The second-order valence-corrected chi connectivity index (χ2v) is 9.86. The molecule has 2 aliphatic heterocycles. The highest BCUT2D eigenvalue weighted by Gasteiger charge is 2.44. The van der Waals surface area contributed by atoms with Crippen LogP contribution in [0, 0.1) is 5.82 Å². The number of carbonyl (C=O) groups excluding carboxylic acids is 1. The zero-order valence-corrected chi connectivity index (χ0v) is 19.9. The Morgan fingerprint density at radius 3 is 2.62 bits per heavy atom. The Hall–Kier alpha value is -2.85. The van der Waals surface area contributed by atoms with Gasteiger partial charge >= 0.3 is 11.8 Å². The number of amides is 1. The molecule has 34 heavy (non-hydrogen) atoms. The summed E-state index contributed by atoms with van der Waals surface area (Å²) in [4.78, 5) is 20.4. The van der Waals surface area contributed by atoms with Crippen LogP contribution in [0.15, 0.2) is 22.7 Å². The Morgan fingerprint density at radius 1 is 1.26 bits per heavy atom. The van der Waals surface area contributed by atoms with Gasteiger partial charge in [0.25, 0.3) is 0 Å².